The topological polar surface area (TPSA) is 57.1 Å². The summed E-state index contributed by atoms with van der Waals surface area (Å²) < 4.78 is 16.5. The lowest BCUT2D eigenvalue weighted by atomic mass is 10.0. The third-order valence-electron chi connectivity index (χ3n) is 3.33. The number of hydrogen-bond acceptors (Lipinski definition) is 5. The maximum Gasteiger partial charge on any atom is 0.235 e. The second-order valence-corrected chi connectivity index (χ2v) is 5.10. The van der Waals surface area contributed by atoms with Gasteiger partial charge in [0.25, 0.3) is 0 Å². The van der Waals surface area contributed by atoms with Crippen molar-refractivity contribution in [2.75, 3.05) is 14.2 Å². The highest BCUT2D eigenvalue weighted by Gasteiger charge is 2.47. The third kappa shape index (κ3) is 2.63. The van der Waals surface area contributed by atoms with E-state index in [0.29, 0.717) is 17.2 Å². The molecule has 1 saturated carbocycles. The van der Waals surface area contributed by atoms with Gasteiger partial charge < -0.3 is 14.2 Å². The lowest BCUT2D eigenvalue weighted by Crippen LogP contribution is -2.10. The molecule has 0 atom stereocenters. The Bertz CT molecular complexity index is 543. The van der Waals surface area contributed by atoms with Crippen molar-refractivity contribution in [1.29, 1.82) is 0 Å². The normalized spacial score (nSPS) is 15.4. The van der Waals surface area contributed by atoms with Crippen molar-refractivity contribution in [3.8, 4) is 17.2 Å². The Hall–Kier alpha value is -2.00. The van der Waals surface area contributed by atoms with Crippen LogP contribution in [0.4, 0.5) is 0 Å². The molecule has 108 valence electrons. The van der Waals surface area contributed by atoms with Crippen molar-refractivity contribution in [3.05, 3.63) is 17.7 Å². The van der Waals surface area contributed by atoms with Crippen LogP contribution in [-0.4, -0.2) is 26.4 Å². The fourth-order valence-corrected chi connectivity index (χ4v) is 2.23. The quantitative estimate of drug-likeness (QED) is 0.592. The molecule has 0 saturated heterocycles. The van der Waals surface area contributed by atoms with Crippen molar-refractivity contribution < 1.29 is 19.0 Å². The molecule has 20 heavy (non-hydrogen) atoms. The predicted octanol–water partition coefficient (Wildman–Crippen LogP) is 2.82. The fourth-order valence-electron chi connectivity index (χ4n) is 2.23. The summed E-state index contributed by atoms with van der Waals surface area (Å²) in [6, 6.07) is 3.62. The first-order chi connectivity index (χ1) is 9.56. The second-order valence-electron chi connectivity index (χ2n) is 5.10. The van der Waals surface area contributed by atoms with Gasteiger partial charge in [0.2, 0.25) is 6.08 Å². The van der Waals surface area contributed by atoms with Gasteiger partial charge in [-0.3, -0.25) is 0 Å². The SMILES string of the molecule is COc1cc(C2(N=C=O)CC2)c(OC)cc1OC(C)C. The van der Waals surface area contributed by atoms with Crippen LogP contribution in [0.1, 0.15) is 32.3 Å². The monoisotopic (exact) mass is 277 g/mol. The average molecular weight is 277 g/mol. The highest BCUT2D eigenvalue weighted by Crippen LogP contribution is 2.54. The molecular weight excluding hydrogens is 258 g/mol. The molecule has 2 rings (SSSR count). The number of aliphatic imine (C=N–C) groups is 1. The Morgan fingerprint density at radius 2 is 1.80 bits per heavy atom. The van der Waals surface area contributed by atoms with Crippen molar-refractivity contribution in [2.24, 2.45) is 4.99 Å². The van der Waals surface area contributed by atoms with Gasteiger partial charge in [0.1, 0.15) is 11.3 Å². The number of carbonyl (C=O) groups excluding carboxylic acids is 1. The van der Waals surface area contributed by atoms with E-state index in [-0.39, 0.29) is 6.10 Å². The molecule has 0 amide bonds. The maximum atomic E-state index is 10.6. The van der Waals surface area contributed by atoms with Gasteiger partial charge in [0.15, 0.2) is 11.5 Å². The molecule has 0 aliphatic heterocycles. The molecule has 0 aromatic heterocycles. The van der Waals surface area contributed by atoms with Gasteiger partial charge in [-0.2, -0.15) is 4.99 Å². The number of methoxy groups -OCH3 is 2. The Morgan fingerprint density at radius 3 is 2.25 bits per heavy atom. The zero-order valence-electron chi connectivity index (χ0n) is 12.2. The third-order valence-corrected chi connectivity index (χ3v) is 3.33. The van der Waals surface area contributed by atoms with Crippen LogP contribution in [-0.2, 0) is 10.3 Å². The molecule has 0 heterocycles. The smallest absolute Gasteiger partial charge is 0.235 e. The molecule has 1 aromatic carbocycles. The van der Waals surface area contributed by atoms with Crippen LogP contribution >= 0.6 is 0 Å². The second kappa shape index (κ2) is 5.55. The standard InChI is InChI=1S/C15H19NO4/c1-10(2)20-14-8-12(18-3)11(7-13(14)19-4)15(5-6-15)16-9-17/h7-8,10H,5-6H2,1-4H3. The molecule has 5 nitrogen and oxygen atoms in total. The summed E-state index contributed by atoms with van der Waals surface area (Å²) in [6.45, 7) is 3.89. The molecule has 1 aliphatic carbocycles. The molecule has 1 fully saturated rings. The number of isocyanates is 1. The Kier molecular flexibility index (Phi) is 4.00. The van der Waals surface area contributed by atoms with Gasteiger partial charge in [0.05, 0.1) is 20.3 Å². The van der Waals surface area contributed by atoms with Gasteiger partial charge in [0, 0.05) is 11.6 Å². The van der Waals surface area contributed by atoms with E-state index in [9.17, 15) is 4.79 Å². The molecule has 5 heteroatoms. The zero-order valence-corrected chi connectivity index (χ0v) is 12.2. The summed E-state index contributed by atoms with van der Waals surface area (Å²) in [5.41, 5.74) is 0.341. The van der Waals surface area contributed by atoms with E-state index in [2.05, 4.69) is 4.99 Å². The highest BCUT2D eigenvalue weighted by molar-refractivity contribution is 5.56. The van der Waals surface area contributed by atoms with Gasteiger partial charge >= 0.3 is 0 Å². The van der Waals surface area contributed by atoms with Gasteiger partial charge in [-0.1, -0.05) is 0 Å². The lowest BCUT2D eigenvalue weighted by Gasteiger charge is -2.19. The van der Waals surface area contributed by atoms with Crippen molar-refractivity contribution in [2.45, 2.75) is 38.3 Å². The molecule has 0 spiro atoms. The molecule has 0 N–H and O–H groups in total. The minimum atomic E-state index is -0.503. The van der Waals surface area contributed by atoms with E-state index in [1.54, 1.807) is 26.4 Å². The summed E-state index contributed by atoms with van der Waals surface area (Å²) in [7, 11) is 3.17. The molecule has 1 aliphatic rings. The Balaban J connectivity index is 2.50. The van der Waals surface area contributed by atoms with Crippen LogP contribution in [0.5, 0.6) is 17.2 Å². The summed E-state index contributed by atoms with van der Waals surface area (Å²) >= 11 is 0. The molecule has 0 radical (unpaired) electrons. The minimum Gasteiger partial charge on any atom is -0.496 e. The van der Waals surface area contributed by atoms with E-state index in [1.807, 2.05) is 19.9 Å². The first-order valence-corrected chi connectivity index (χ1v) is 6.58. The number of rotatable bonds is 6. The van der Waals surface area contributed by atoms with Crippen LogP contribution in [0.15, 0.2) is 17.1 Å². The zero-order chi connectivity index (χ0) is 14.8. The van der Waals surface area contributed by atoms with Crippen molar-refractivity contribution >= 4 is 6.08 Å². The summed E-state index contributed by atoms with van der Waals surface area (Å²) in [5.74, 6) is 1.88. The fraction of sp³-hybridized carbons (Fsp3) is 0.533. The van der Waals surface area contributed by atoms with Crippen LogP contribution < -0.4 is 14.2 Å². The average Bonchev–Trinajstić information content (AvgIpc) is 3.18. The van der Waals surface area contributed by atoms with E-state index >= 15 is 0 Å². The van der Waals surface area contributed by atoms with E-state index in [4.69, 9.17) is 14.2 Å². The maximum absolute atomic E-state index is 10.6. The van der Waals surface area contributed by atoms with E-state index in [1.165, 1.54) is 0 Å². The van der Waals surface area contributed by atoms with Gasteiger partial charge in [-0.25, -0.2) is 4.79 Å². The first-order valence-electron chi connectivity index (χ1n) is 6.58. The van der Waals surface area contributed by atoms with Gasteiger partial charge in [-0.15, -0.1) is 0 Å². The minimum absolute atomic E-state index is 0.0299. The number of ether oxygens (including phenoxy) is 3. The number of hydrogen-bond donors (Lipinski definition) is 0. The molecule has 1 aromatic rings. The van der Waals surface area contributed by atoms with Crippen molar-refractivity contribution in [3.63, 3.8) is 0 Å². The highest BCUT2D eigenvalue weighted by atomic mass is 16.5. The van der Waals surface area contributed by atoms with Crippen LogP contribution in [0.3, 0.4) is 0 Å². The van der Waals surface area contributed by atoms with E-state index in [0.717, 1.165) is 18.4 Å². The number of nitrogens with zero attached hydrogens (tertiary/aromatic N) is 1. The largest absolute Gasteiger partial charge is 0.496 e. The lowest BCUT2D eigenvalue weighted by molar-refractivity contribution is 0.228. The summed E-state index contributed by atoms with van der Waals surface area (Å²) in [6.07, 6.45) is 3.31. The van der Waals surface area contributed by atoms with Crippen LogP contribution in [0, 0.1) is 0 Å². The summed E-state index contributed by atoms with van der Waals surface area (Å²) in [4.78, 5) is 14.5. The molecular formula is C15H19NO4. The van der Waals surface area contributed by atoms with Crippen LogP contribution in [0.25, 0.3) is 0 Å². The molecule has 0 bridgehead atoms. The van der Waals surface area contributed by atoms with Crippen molar-refractivity contribution in [1.82, 2.24) is 0 Å². The predicted molar refractivity (Wildman–Crippen MR) is 74.3 cm³/mol. The number of benzene rings is 1. The Labute approximate surface area is 118 Å². The Morgan fingerprint density at radius 1 is 1.15 bits per heavy atom. The summed E-state index contributed by atoms with van der Waals surface area (Å²) in [5, 5.41) is 0. The van der Waals surface area contributed by atoms with Crippen LogP contribution in [0.2, 0.25) is 0 Å². The van der Waals surface area contributed by atoms with E-state index < -0.39 is 5.54 Å². The first kappa shape index (κ1) is 14.4. The molecule has 0 unspecified atom stereocenters. The van der Waals surface area contributed by atoms with Gasteiger partial charge in [-0.05, 0) is 32.8 Å².